The lowest BCUT2D eigenvalue weighted by Crippen LogP contribution is -2.61. The van der Waals surface area contributed by atoms with Crippen LogP contribution in [0.1, 0.15) is 38.4 Å². The van der Waals surface area contributed by atoms with E-state index >= 15 is 0 Å². The Morgan fingerprint density at radius 1 is 1.29 bits per heavy atom. The van der Waals surface area contributed by atoms with Gasteiger partial charge in [0, 0.05) is 23.3 Å². The number of thioether (sulfide) groups is 1. The van der Waals surface area contributed by atoms with Gasteiger partial charge in [0.25, 0.3) is 11.9 Å². The van der Waals surface area contributed by atoms with Crippen molar-refractivity contribution in [2.45, 2.75) is 38.0 Å². The maximum absolute atomic E-state index is 13.3. The lowest BCUT2D eigenvalue weighted by Gasteiger charge is -2.31. The van der Waals surface area contributed by atoms with Gasteiger partial charge >= 0.3 is 11.3 Å². The molecule has 3 heterocycles. The molecule has 2 aromatic carbocycles. The number of nitro benzene ring substituents is 1. The van der Waals surface area contributed by atoms with Crippen LogP contribution in [-0.4, -0.2) is 33.5 Å². The molecule has 5 rings (SSSR count). The minimum atomic E-state index is -1.09. The van der Waals surface area contributed by atoms with Gasteiger partial charge in [0.15, 0.2) is 11.5 Å². The van der Waals surface area contributed by atoms with Crippen molar-refractivity contribution >= 4 is 29.0 Å². The average molecular weight is 497 g/mol. The summed E-state index contributed by atoms with van der Waals surface area (Å²) in [5, 5.41) is 17.2. The number of carbonyl (C=O) groups excluding carboxylic acids is 1. The fraction of sp³-hybridized carbons (Fsp3) is 0.304. The fourth-order valence-corrected chi connectivity index (χ4v) is 4.98. The number of hydrogen-bond donors (Lipinski definition) is 1. The van der Waals surface area contributed by atoms with E-state index in [4.69, 9.17) is 9.47 Å². The Morgan fingerprint density at radius 2 is 2.03 bits per heavy atom. The Morgan fingerprint density at radius 3 is 2.74 bits per heavy atom. The van der Waals surface area contributed by atoms with E-state index in [9.17, 15) is 19.7 Å². The van der Waals surface area contributed by atoms with Gasteiger partial charge in [0.2, 0.25) is 17.9 Å². The summed E-state index contributed by atoms with van der Waals surface area (Å²) >= 11 is 1.36. The predicted molar refractivity (Wildman–Crippen MR) is 127 cm³/mol. The molecule has 0 aliphatic carbocycles. The van der Waals surface area contributed by atoms with Gasteiger partial charge in [0.05, 0.1) is 22.2 Å². The number of nitrogens with zero attached hydrogens (tertiary/aromatic N) is 4. The first-order chi connectivity index (χ1) is 16.9. The Balaban J connectivity index is 1.85. The smallest absolute Gasteiger partial charge is 0.325 e. The van der Waals surface area contributed by atoms with Crippen molar-refractivity contribution in [3.05, 3.63) is 62.4 Å². The number of ether oxygens (including phenoxy) is 2. The van der Waals surface area contributed by atoms with Crippen LogP contribution >= 0.6 is 11.8 Å². The SMILES string of the molecule is CCCSc1n[n+]2c(c(=O)[nH]1)-c1ccccc1N(C(=O)CC)[C@H]2c1cc2c(cc1[N+](=O)[O-])OCO2. The maximum Gasteiger partial charge on any atom is 0.325 e. The van der Waals surface area contributed by atoms with Crippen LogP contribution in [0.5, 0.6) is 11.5 Å². The minimum Gasteiger partial charge on any atom is -0.454 e. The Bertz CT molecular complexity index is 1410. The van der Waals surface area contributed by atoms with Crippen LogP contribution in [-0.2, 0) is 4.79 Å². The number of aromatic nitrogens is 3. The summed E-state index contributed by atoms with van der Waals surface area (Å²) in [4.78, 5) is 42.6. The zero-order valence-corrected chi connectivity index (χ0v) is 19.8. The van der Waals surface area contributed by atoms with Crippen molar-refractivity contribution in [2.24, 2.45) is 0 Å². The van der Waals surface area contributed by atoms with Crippen molar-refractivity contribution in [1.29, 1.82) is 0 Å². The number of para-hydroxylation sites is 1. The monoisotopic (exact) mass is 496 g/mol. The van der Waals surface area contributed by atoms with E-state index in [1.165, 1.54) is 33.5 Å². The number of hydrogen-bond acceptors (Lipinski definition) is 8. The molecule has 0 radical (unpaired) electrons. The molecular weight excluding hydrogens is 474 g/mol. The standard InChI is InChI=1S/C23H21N5O6S/c1-3-9-35-23-24-21(30)20-13-7-5-6-8-15(13)26(19(29)4-2)22(27(20)25-23)14-10-17-18(34-12-33-17)11-16(14)28(31)32/h5-8,10-11,22H,3-4,9,12H2,1-2H3/p+1/t22-/m1/s1. The number of benzene rings is 2. The number of aromatic amines is 1. The highest BCUT2D eigenvalue weighted by atomic mass is 32.2. The highest BCUT2D eigenvalue weighted by Gasteiger charge is 2.48. The molecule has 0 fully saturated rings. The van der Waals surface area contributed by atoms with E-state index in [-0.39, 0.29) is 41.8 Å². The lowest BCUT2D eigenvalue weighted by molar-refractivity contribution is -0.763. The molecule has 1 amide bonds. The van der Waals surface area contributed by atoms with Crippen molar-refractivity contribution in [3.8, 4) is 22.8 Å². The number of nitro groups is 1. The van der Waals surface area contributed by atoms with Crippen LogP contribution in [0, 0.1) is 10.1 Å². The quantitative estimate of drug-likeness (QED) is 0.238. The number of amides is 1. The Kier molecular flexibility index (Phi) is 5.89. The van der Waals surface area contributed by atoms with Crippen LogP contribution in [0.25, 0.3) is 11.3 Å². The zero-order chi connectivity index (χ0) is 24.7. The van der Waals surface area contributed by atoms with Gasteiger partial charge in [0.1, 0.15) is 5.56 Å². The van der Waals surface area contributed by atoms with E-state index < -0.39 is 16.6 Å². The number of carbonyl (C=O) groups is 1. The summed E-state index contributed by atoms with van der Waals surface area (Å²) in [6.07, 6.45) is -0.0959. The second-order valence-electron chi connectivity index (χ2n) is 7.93. The topological polar surface area (TPSA) is 132 Å². The Labute approximate surface area is 203 Å². The van der Waals surface area contributed by atoms with E-state index in [0.29, 0.717) is 27.9 Å². The summed E-state index contributed by atoms with van der Waals surface area (Å²) in [5.74, 6) is 0.998. The third-order valence-electron chi connectivity index (χ3n) is 5.77. The summed E-state index contributed by atoms with van der Waals surface area (Å²) in [5.41, 5.74) is 0.677. The van der Waals surface area contributed by atoms with Crippen molar-refractivity contribution < 1.29 is 23.9 Å². The van der Waals surface area contributed by atoms with E-state index in [0.717, 1.165) is 6.42 Å². The highest BCUT2D eigenvalue weighted by Crippen LogP contribution is 2.44. The normalized spacial score (nSPS) is 15.5. The minimum absolute atomic E-state index is 0.0689. The van der Waals surface area contributed by atoms with Gasteiger partial charge in [-0.05, 0) is 23.2 Å². The molecule has 11 nitrogen and oxygen atoms in total. The van der Waals surface area contributed by atoms with Crippen molar-refractivity contribution in [3.63, 3.8) is 0 Å². The first-order valence-electron chi connectivity index (χ1n) is 11.1. The Hall–Kier alpha value is -3.93. The van der Waals surface area contributed by atoms with E-state index in [2.05, 4.69) is 10.1 Å². The molecule has 1 N–H and O–H groups in total. The number of fused-ring (bicyclic) bond motifs is 4. The van der Waals surface area contributed by atoms with Crippen LogP contribution in [0.4, 0.5) is 11.4 Å². The molecule has 3 aromatic rings. The third kappa shape index (κ3) is 3.79. The number of nitrogens with one attached hydrogen (secondary N) is 1. The second-order valence-corrected chi connectivity index (χ2v) is 9.01. The summed E-state index contributed by atoms with van der Waals surface area (Å²) in [6, 6.07) is 9.75. The molecule has 0 unspecified atom stereocenters. The lowest BCUT2D eigenvalue weighted by atomic mass is 9.99. The molecule has 1 aromatic heterocycles. The molecule has 35 heavy (non-hydrogen) atoms. The van der Waals surface area contributed by atoms with E-state index in [1.807, 2.05) is 6.92 Å². The van der Waals surface area contributed by atoms with Crippen molar-refractivity contribution in [2.75, 3.05) is 17.4 Å². The number of H-pyrrole nitrogens is 1. The van der Waals surface area contributed by atoms with Gasteiger partial charge in [-0.25, -0.2) is 4.90 Å². The van der Waals surface area contributed by atoms with Gasteiger partial charge in [-0.2, -0.15) is 0 Å². The fourth-order valence-electron chi connectivity index (χ4n) is 4.27. The molecule has 12 heteroatoms. The van der Waals surface area contributed by atoms with Gasteiger partial charge in [-0.1, -0.05) is 37.7 Å². The third-order valence-corrected chi connectivity index (χ3v) is 6.84. The first kappa shape index (κ1) is 22.8. The molecule has 0 saturated carbocycles. The van der Waals surface area contributed by atoms with Gasteiger partial charge in [-0.15, -0.1) is 0 Å². The molecule has 0 spiro atoms. The van der Waals surface area contributed by atoms with E-state index in [1.54, 1.807) is 31.2 Å². The van der Waals surface area contributed by atoms with Crippen LogP contribution in [0.2, 0.25) is 0 Å². The molecule has 180 valence electrons. The van der Waals surface area contributed by atoms with Crippen LogP contribution in [0.15, 0.2) is 46.3 Å². The highest BCUT2D eigenvalue weighted by molar-refractivity contribution is 7.99. The van der Waals surface area contributed by atoms with Crippen LogP contribution in [0.3, 0.4) is 0 Å². The predicted octanol–water partition coefficient (Wildman–Crippen LogP) is 3.17. The maximum atomic E-state index is 13.3. The molecule has 2 aliphatic heterocycles. The zero-order valence-electron chi connectivity index (χ0n) is 19.0. The summed E-state index contributed by atoms with van der Waals surface area (Å²) in [6.45, 7) is 3.65. The summed E-state index contributed by atoms with van der Waals surface area (Å²) < 4.78 is 12.3. The first-order valence-corrected chi connectivity index (χ1v) is 12.1. The molecule has 0 bridgehead atoms. The number of rotatable bonds is 6. The number of anilines is 1. The second kappa shape index (κ2) is 9.02. The average Bonchev–Trinajstić information content (AvgIpc) is 3.32. The molecule has 1 atom stereocenters. The molecule has 0 saturated heterocycles. The van der Waals surface area contributed by atoms with Gasteiger partial charge < -0.3 is 9.47 Å². The van der Waals surface area contributed by atoms with Crippen molar-refractivity contribution in [1.82, 2.24) is 10.1 Å². The van der Waals surface area contributed by atoms with Crippen LogP contribution < -0.4 is 24.6 Å². The molecule has 2 aliphatic rings. The van der Waals surface area contributed by atoms with Gasteiger partial charge in [-0.3, -0.25) is 24.7 Å². The largest absolute Gasteiger partial charge is 0.454 e. The molecular formula is C23H22N5O6S+. The summed E-state index contributed by atoms with van der Waals surface area (Å²) in [7, 11) is 0.